The molecular formula is C28H34Cl2N6O4. The standard InChI is InChI=1S/C28H34Cl2N6O4/c1-27(2,3)36(26(38)39)20-12-18(13-31-15-20)7-9-19-11-17(14-32-23-21(29)16-33-24(30)35-23)8-10-22(19)34-25(37)40-28(4,5)6/h8,10-13,15-16H,7,9,14H2,1-6H3,(H,34,37)(H,38,39)(H,32,33,35). The first kappa shape index (κ1) is 30.9. The Morgan fingerprint density at radius 3 is 2.38 bits per heavy atom. The average Bonchev–Trinajstić information content (AvgIpc) is 2.82. The van der Waals surface area contributed by atoms with Gasteiger partial charge < -0.3 is 15.2 Å². The van der Waals surface area contributed by atoms with Gasteiger partial charge in [0.15, 0.2) is 0 Å². The van der Waals surface area contributed by atoms with E-state index in [1.54, 1.807) is 27.0 Å². The molecule has 1 aromatic carbocycles. The molecule has 0 radical (unpaired) electrons. The highest BCUT2D eigenvalue weighted by molar-refractivity contribution is 6.33. The first-order valence-electron chi connectivity index (χ1n) is 12.6. The molecule has 2 heterocycles. The highest BCUT2D eigenvalue weighted by Crippen LogP contribution is 2.27. The molecule has 40 heavy (non-hydrogen) atoms. The minimum atomic E-state index is -1.06. The quantitative estimate of drug-likeness (QED) is 0.235. The lowest BCUT2D eigenvalue weighted by molar-refractivity contribution is 0.0635. The number of benzene rings is 1. The fourth-order valence-electron chi connectivity index (χ4n) is 3.95. The molecule has 214 valence electrons. The van der Waals surface area contributed by atoms with Crippen molar-refractivity contribution in [3.8, 4) is 0 Å². The molecule has 0 saturated heterocycles. The number of aromatic nitrogens is 3. The Morgan fingerprint density at radius 2 is 1.73 bits per heavy atom. The van der Waals surface area contributed by atoms with Crippen LogP contribution in [-0.4, -0.2) is 43.4 Å². The normalized spacial score (nSPS) is 11.6. The van der Waals surface area contributed by atoms with E-state index < -0.39 is 23.3 Å². The Bertz CT molecular complexity index is 1370. The van der Waals surface area contributed by atoms with E-state index in [2.05, 4.69) is 25.6 Å². The van der Waals surface area contributed by atoms with Gasteiger partial charge in [0, 0.05) is 24.0 Å². The topological polar surface area (TPSA) is 130 Å². The molecule has 2 aromatic heterocycles. The van der Waals surface area contributed by atoms with Crippen LogP contribution in [0, 0.1) is 0 Å². The molecule has 0 spiro atoms. The third-order valence-electron chi connectivity index (χ3n) is 5.56. The Hall–Kier alpha value is -3.63. The summed E-state index contributed by atoms with van der Waals surface area (Å²) in [6.07, 6.45) is 4.13. The van der Waals surface area contributed by atoms with Gasteiger partial charge in [-0.25, -0.2) is 14.6 Å². The molecule has 0 aliphatic rings. The van der Waals surface area contributed by atoms with Gasteiger partial charge in [0.25, 0.3) is 0 Å². The van der Waals surface area contributed by atoms with Gasteiger partial charge >= 0.3 is 12.2 Å². The van der Waals surface area contributed by atoms with Crippen LogP contribution in [-0.2, 0) is 24.1 Å². The monoisotopic (exact) mass is 588 g/mol. The summed E-state index contributed by atoms with van der Waals surface area (Å²) in [7, 11) is 0. The number of hydrogen-bond acceptors (Lipinski definition) is 7. The zero-order chi connectivity index (χ0) is 29.7. The van der Waals surface area contributed by atoms with E-state index in [1.807, 2.05) is 45.0 Å². The number of carboxylic acid groups (broad SMARTS) is 1. The van der Waals surface area contributed by atoms with Crippen molar-refractivity contribution in [2.75, 3.05) is 15.5 Å². The molecule has 0 aliphatic heterocycles. The number of hydrogen-bond donors (Lipinski definition) is 3. The summed E-state index contributed by atoms with van der Waals surface area (Å²) < 4.78 is 5.44. The van der Waals surface area contributed by atoms with Gasteiger partial charge in [-0.3, -0.25) is 15.2 Å². The van der Waals surface area contributed by atoms with Crippen molar-refractivity contribution in [2.24, 2.45) is 0 Å². The summed E-state index contributed by atoms with van der Waals surface area (Å²) in [5.41, 5.74) is 2.41. The fourth-order valence-corrected chi connectivity index (χ4v) is 4.24. The summed E-state index contributed by atoms with van der Waals surface area (Å²) in [5, 5.41) is 16.2. The summed E-state index contributed by atoms with van der Waals surface area (Å²) in [6, 6.07) is 7.47. The van der Waals surface area contributed by atoms with Crippen LogP contribution in [0.3, 0.4) is 0 Å². The second-order valence-corrected chi connectivity index (χ2v) is 11.9. The first-order valence-corrected chi connectivity index (χ1v) is 13.4. The molecule has 3 aromatic rings. The van der Waals surface area contributed by atoms with E-state index in [1.165, 1.54) is 17.3 Å². The number of amides is 2. The van der Waals surface area contributed by atoms with Crippen LogP contribution in [0.1, 0.15) is 58.2 Å². The number of carbonyl (C=O) groups excluding carboxylic acids is 1. The molecule has 0 aliphatic carbocycles. The number of halogens is 2. The Kier molecular flexibility index (Phi) is 9.81. The van der Waals surface area contributed by atoms with E-state index in [0.29, 0.717) is 41.6 Å². The van der Waals surface area contributed by atoms with Crippen molar-refractivity contribution >= 4 is 52.6 Å². The number of carbonyl (C=O) groups is 2. The van der Waals surface area contributed by atoms with Gasteiger partial charge in [-0.15, -0.1) is 0 Å². The van der Waals surface area contributed by atoms with Crippen molar-refractivity contribution in [3.63, 3.8) is 0 Å². The van der Waals surface area contributed by atoms with Crippen LogP contribution in [0.25, 0.3) is 0 Å². The maximum absolute atomic E-state index is 12.5. The molecule has 3 N–H and O–H groups in total. The molecule has 2 amide bonds. The van der Waals surface area contributed by atoms with Crippen LogP contribution in [0.2, 0.25) is 10.3 Å². The lowest BCUT2D eigenvalue weighted by Gasteiger charge is -2.33. The SMILES string of the molecule is CC(C)(C)OC(=O)Nc1ccc(CNc2nc(Cl)ncc2Cl)cc1CCc1cncc(N(C(=O)O)C(C)(C)C)c1. The largest absolute Gasteiger partial charge is 0.465 e. The number of ether oxygens (including phenoxy) is 1. The maximum atomic E-state index is 12.5. The first-order chi connectivity index (χ1) is 18.6. The summed E-state index contributed by atoms with van der Waals surface area (Å²) in [4.78, 5) is 38.0. The minimum Gasteiger partial charge on any atom is -0.465 e. The second-order valence-electron chi connectivity index (χ2n) is 11.1. The molecular weight excluding hydrogens is 555 g/mol. The summed E-state index contributed by atoms with van der Waals surface area (Å²) in [6.45, 7) is 11.3. The fraction of sp³-hybridized carbons (Fsp3) is 0.393. The van der Waals surface area contributed by atoms with Crippen molar-refractivity contribution < 1.29 is 19.4 Å². The van der Waals surface area contributed by atoms with Gasteiger partial charge in [-0.1, -0.05) is 23.7 Å². The lowest BCUT2D eigenvalue weighted by atomic mass is 10.0. The van der Waals surface area contributed by atoms with Crippen molar-refractivity contribution in [1.82, 2.24) is 15.0 Å². The number of aryl methyl sites for hydroxylation is 2. The third-order valence-corrected chi connectivity index (χ3v) is 6.02. The molecule has 0 fully saturated rings. The minimum absolute atomic E-state index is 0.0771. The molecule has 0 bridgehead atoms. The highest BCUT2D eigenvalue weighted by atomic mass is 35.5. The van der Waals surface area contributed by atoms with Crippen LogP contribution in [0.15, 0.2) is 42.9 Å². The molecule has 3 rings (SSSR count). The van der Waals surface area contributed by atoms with E-state index in [9.17, 15) is 14.7 Å². The van der Waals surface area contributed by atoms with Crippen molar-refractivity contribution in [2.45, 2.75) is 72.1 Å². The number of nitrogens with zero attached hydrogens (tertiary/aromatic N) is 4. The van der Waals surface area contributed by atoms with Crippen molar-refractivity contribution in [1.29, 1.82) is 0 Å². The van der Waals surface area contributed by atoms with E-state index in [4.69, 9.17) is 27.9 Å². The van der Waals surface area contributed by atoms with Crippen LogP contribution in [0.4, 0.5) is 26.8 Å². The summed E-state index contributed by atoms with van der Waals surface area (Å²) in [5.74, 6) is 0.406. The van der Waals surface area contributed by atoms with Gasteiger partial charge in [0.05, 0.1) is 18.1 Å². The van der Waals surface area contributed by atoms with Crippen molar-refractivity contribution in [3.05, 3.63) is 69.9 Å². The van der Waals surface area contributed by atoms with E-state index >= 15 is 0 Å². The number of anilines is 3. The van der Waals surface area contributed by atoms with Crippen LogP contribution >= 0.6 is 23.2 Å². The number of nitrogens with one attached hydrogen (secondary N) is 2. The summed E-state index contributed by atoms with van der Waals surface area (Å²) >= 11 is 12.1. The zero-order valence-corrected chi connectivity index (χ0v) is 24.9. The third kappa shape index (κ3) is 8.96. The zero-order valence-electron chi connectivity index (χ0n) is 23.4. The predicted molar refractivity (Wildman–Crippen MR) is 158 cm³/mol. The van der Waals surface area contributed by atoms with Gasteiger partial charge in [-0.05, 0) is 94.8 Å². The molecule has 0 saturated carbocycles. The van der Waals surface area contributed by atoms with Gasteiger partial charge in [-0.2, -0.15) is 4.98 Å². The lowest BCUT2D eigenvalue weighted by Crippen LogP contribution is -2.45. The molecule has 0 atom stereocenters. The Balaban J connectivity index is 1.85. The molecule has 12 heteroatoms. The second kappa shape index (κ2) is 12.7. The van der Waals surface area contributed by atoms with Gasteiger partial charge in [0.1, 0.15) is 16.4 Å². The number of pyridine rings is 1. The predicted octanol–water partition coefficient (Wildman–Crippen LogP) is 7.21. The van der Waals surface area contributed by atoms with E-state index in [-0.39, 0.29) is 5.28 Å². The maximum Gasteiger partial charge on any atom is 0.412 e. The van der Waals surface area contributed by atoms with E-state index in [0.717, 1.165) is 16.7 Å². The van der Waals surface area contributed by atoms with Gasteiger partial charge in [0.2, 0.25) is 5.28 Å². The number of rotatable bonds is 8. The highest BCUT2D eigenvalue weighted by Gasteiger charge is 2.28. The molecule has 10 nitrogen and oxygen atoms in total. The van der Waals surface area contributed by atoms with Crippen LogP contribution < -0.4 is 15.5 Å². The smallest absolute Gasteiger partial charge is 0.412 e. The molecule has 0 unspecified atom stereocenters. The van der Waals surface area contributed by atoms with Crippen LogP contribution in [0.5, 0.6) is 0 Å². The Morgan fingerprint density at radius 1 is 1.00 bits per heavy atom. The average molecular weight is 590 g/mol. The Labute approximate surface area is 244 Å².